The van der Waals surface area contributed by atoms with Gasteiger partial charge >= 0.3 is 72.0 Å². The molecular weight excluding hydrogens is 265 g/mol. The van der Waals surface area contributed by atoms with E-state index in [1.165, 1.54) is 16.7 Å². The Hall–Kier alpha value is 0.934. The van der Waals surface area contributed by atoms with E-state index in [9.17, 15) is 0 Å². The Morgan fingerprint density at radius 2 is 1.46 bits per heavy atom. The summed E-state index contributed by atoms with van der Waals surface area (Å²) in [5, 5.41) is 0. The summed E-state index contributed by atoms with van der Waals surface area (Å²) in [5.74, 6) is 0. The summed E-state index contributed by atoms with van der Waals surface area (Å²) in [7, 11) is 0. The first-order chi connectivity index (χ1) is 4.45. The molecule has 0 N–H and O–H groups in total. The summed E-state index contributed by atoms with van der Waals surface area (Å²) in [5.41, 5.74) is 4.38. The smallest absolute Gasteiger partial charge is 1.00 e. The summed E-state index contributed by atoms with van der Waals surface area (Å²) in [6.07, 6.45) is 2.32. The fourth-order valence-electron chi connectivity index (χ4n) is 1.31. The summed E-state index contributed by atoms with van der Waals surface area (Å²) in [4.78, 5) is 0. The number of rotatable bonds is 0. The second-order valence-electron chi connectivity index (χ2n) is 3.22. The van der Waals surface area contributed by atoms with Crippen LogP contribution in [0.5, 0.6) is 0 Å². The van der Waals surface area contributed by atoms with Crippen molar-refractivity contribution in [1.82, 2.24) is 0 Å². The van der Waals surface area contributed by atoms with Crippen LogP contribution in [0.25, 0.3) is 0 Å². The Balaban J connectivity index is -0.000000333. The SMILES string of the molecule is CC1=C[C](C)([V+3])C(C)=C1C.[Cl-].[Cl-].[Cl-]. The van der Waals surface area contributed by atoms with Gasteiger partial charge in [0.1, 0.15) is 0 Å². The van der Waals surface area contributed by atoms with Gasteiger partial charge in [-0.05, 0) is 0 Å². The van der Waals surface area contributed by atoms with Crippen LogP contribution >= 0.6 is 0 Å². The molecule has 0 radical (unpaired) electrons. The fourth-order valence-corrected chi connectivity index (χ4v) is 1.88. The minimum Gasteiger partial charge on any atom is -1.00 e. The monoisotopic (exact) mass is 277 g/mol. The second kappa shape index (κ2) is 6.42. The van der Waals surface area contributed by atoms with Crippen molar-refractivity contribution in [2.24, 2.45) is 0 Å². The number of halogens is 3. The second-order valence-corrected chi connectivity index (χ2v) is 4.68. The largest absolute Gasteiger partial charge is 1.00 e. The van der Waals surface area contributed by atoms with Gasteiger partial charge in [0.15, 0.2) is 0 Å². The van der Waals surface area contributed by atoms with E-state index in [0.29, 0.717) is 0 Å². The van der Waals surface area contributed by atoms with Gasteiger partial charge in [-0.3, -0.25) is 0 Å². The van der Waals surface area contributed by atoms with Gasteiger partial charge in [-0.2, -0.15) is 0 Å². The van der Waals surface area contributed by atoms with Crippen LogP contribution in [0.3, 0.4) is 0 Å². The van der Waals surface area contributed by atoms with E-state index in [1.54, 1.807) is 0 Å². The first kappa shape index (κ1) is 19.5. The zero-order valence-corrected chi connectivity index (χ0v) is 11.8. The molecule has 0 amide bonds. The van der Waals surface area contributed by atoms with Crippen molar-refractivity contribution in [3.63, 3.8) is 0 Å². The maximum absolute atomic E-state index is 2.73. The average molecular weight is 279 g/mol. The van der Waals surface area contributed by atoms with Gasteiger partial charge in [-0.25, -0.2) is 0 Å². The molecular formula is C9H13Cl3V. The molecule has 1 unspecified atom stereocenters. The van der Waals surface area contributed by atoms with Crippen molar-refractivity contribution in [2.75, 3.05) is 0 Å². The summed E-state index contributed by atoms with van der Waals surface area (Å²) in [6.45, 7) is 8.82. The zero-order valence-electron chi connectivity index (χ0n) is 8.16. The zero-order chi connectivity index (χ0) is 7.94. The molecule has 1 aliphatic rings. The predicted molar refractivity (Wildman–Crippen MR) is 40.5 cm³/mol. The summed E-state index contributed by atoms with van der Waals surface area (Å²) >= 11 is 2.73. The van der Waals surface area contributed by atoms with Gasteiger partial charge in [0, 0.05) is 0 Å². The third-order valence-electron chi connectivity index (χ3n) is 2.41. The van der Waals surface area contributed by atoms with E-state index in [4.69, 9.17) is 0 Å². The van der Waals surface area contributed by atoms with Crippen LogP contribution in [-0.4, -0.2) is 0 Å². The summed E-state index contributed by atoms with van der Waals surface area (Å²) < 4.78 is 0.251. The molecule has 75 valence electrons. The Morgan fingerprint density at radius 1 is 1.08 bits per heavy atom. The van der Waals surface area contributed by atoms with Gasteiger partial charge in [0.2, 0.25) is 0 Å². The van der Waals surface area contributed by atoms with Crippen LogP contribution < -0.4 is 37.2 Å². The third-order valence-corrected chi connectivity index (χ3v) is 3.14. The minimum absolute atomic E-state index is 0. The average Bonchev–Trinajstić information content (AvgIpc) is 1.95. The Labute approximate surface area is 109 Å². The fraction of sp³-hybridized carbons (Fsp3) is 0.556. The molecule has 0 aromatic heterocycles. The molecule has 0 spiro atoms. The van der Waals surface area contributed by atoms with E-state index >= 15 is 0 Å². The van der Waals surface area contributed by atoms with Crippen molar-refractivity contribution in [1.29, 1.82) is 0 Å². The topological polar surface area (TPSA) is 0 Å². The van der Waals surface area contributed by atoms with Crippen molar-refractivity contribution < 1.29 is 54.6 Å². The standard InChI is InChI=1S/C9H13.3ClH.V/c1-6-5-7(2)9(4)8(6)3;;;;/h5H,1-4H3;3*1H;/q;;;;+3/p-3. The van der Waals surface area contributed by atoms with E-state index in [2.05, 4.69) is 51.2 Å². The molecule has 0 saturated heterocycles. The van der Waals surface area contributed by atoms with E-state index in [0.717, 1.165) is 0 Å². The van der Waals surface area contributed by atoms with E-state index in [-0.39, 0.29) is 41.3 Å². The Bertz CT molecular complexity index is 229. The molecule has 0 aromatic carbocycles. The molecule has 4 heteroatoms. The molecule has 1 rings (SSSR count). The number of hydrogen-bond donors (Lipinski definition) is 0. The van der Waals surface area contributed by atoms with Crippen LogP contribution in [0.4, 0.5) is 0 Å². The minimum atomic E-state index is 0. The van der Waals surface area contributed by atoms with Crippen LogP contribution in [0, 0.1) is 0 Å². The third kappa shape index (κ3) is 3.89. The molecule has 1 aliphatic carbocycles. The van der Waals surface area contributed by atoms with Crippen LogP contribution in [0.15, 0.2) is 22.8 Å². The maximum Gasteiger partial charge on any atom is -1.00 e. The number of hydrogen-bond acceptors (Lipinski definition) is 0. The van der Waals surface area contributed by atoms with Gasteiger partial charge in [-0.15, -0.1) is 0 Å². The van der Waals surface area contributed by atoms with Crippen LogP contribution in [0.2, 0.25) is 4.13 Å². The number of allylic oxidation sites excluding steroid dienone is 4. The van der Waals surface area contributed by atoms with Crippen LogP contribution in [-0.2, 0) is 17.4 Å². The van der Waals surface area contributed by atoms with Crippen molar-refractivity contribution in [2.45, 2.75) is 31.8 Å². The molecule has 0 aliphatic heterocycles. The first-order valence-electron chi connectivity index (χ1n) is 3.55. The Morgan fingerprint density at radius 3 is 1.54 bits per heavy atom. The Kier molecular flexibility index (Phi) is 9.64. The van der Waals surface area contributed by atoms with Gasteiger partial charge < -0.3 is 37.2 Å². The van der Waals surface area contributed by atoms with Crippen LogP contribution in [0.1, 0.15) is 27.7 Å². The van der Waals surface area contributed by atoms with Gasteiger partial charge in [0.25, 0.3) is 0 Å². The van der Waals surface area contributed by atoms with Crippen molar-refractivity contribution in [3.05, 3.63) is 22.8 Å². The first-order valence-corrected chi connectivity index (χ1v) is 4.25. The molecule has 0 saturated carbocycles. The molecule has 0 fully saturated rings. The van der Waals surface area contributed by atoms with Gasteiger partial charge in [0.05, 0.1) is 0 Å². The molecule has 1 atom stereocenters. The van der Waals surface area contributed by atoms with E-state index in [1.807, 2.05) is 0 Å². The summed E-state index contributed by atoms with van der Waals surface area (Å²) in [6, 6.07) is 0. The quantitative estimate of drug-likeness (QED) is 0.414. The molecule has 0 aromatic rings. The van der Waals surface area contributed by atoms with E-state index < -0.39 is 0 Å². The predicted octanol–water partition coefficient (Wildman–Crippen LogP) is -5.98. The van der Waals surface area contributed by atoms with Crippen molar-refractivity contribution >= 4 is 0 Å². The normalized spacial score (nSPS) is 25.5. The molecule has 13 heavy (non-hydrogen) atoms. The maximum atomic E-state index is 2.73. The van der Waals surface area contributed by atoms with Crippen molar-refractivity contribution in [3.8, 4) is 0 Å². The molecule has 0 nitrogen and oxygen atoms in total. The molecule has 0 bridgehead atoms. The molecule has 0 heterocycles. The van der Waals surface area contributed by atoms with Gasteiger partial charge in [-0.1, -0.05) is 0 Å².